The summed E-state index contributed by atoms with van der Waals surface area (Å²) in [6.45, 7) is 2.62. The fourth-order valence-corrected chi connectivity index (χ4v) is 3.81. The number of piperidine rings is 1. The van der Waals surface area contributed by atoms with Crippen LogP contribution in [0.2, 0.25) is 0 Å². The van der Waals surface area contributed by atoms with Crippen molar-refractivity contribution in [3.8, 4) is 0 Å². The Morgan fingerprint density at radius 3 is 3.12 bits per heavy atom. The summed E-state index contributed by atoms with van der Waals surface area (Å²) in [5.74, 6) is -0.752. The van der Waals surface area contributed by atoms with Crippen LogP contribution >= 0.6 is 0 Å². The van der Waals surface area contributed by atoms with Gasteiger partial charge in [-0.15, -0.1) is 0 Å². The summed E-state index contributed by atoms with van der Waals surface area (Å²) < 4.78 is 7.23. The van der Waals surface area contributed by atoms with Crippen LogP contribution in [0.5, 0.6) is 0 Å². The first-order chi connectivity index (χ1) is 12.1. The predicted molar refractivity (Wildman–Crippen MR) is 93.6 cm³/mol. The van der Waals surface area contributed by atoms with Gasteiger partial charge in [-0.1, -0.05) is 18.2 Å². The summed E-state index contributed by atoms with van der Waals surface area (Å²) >= 11 is 0. The third-order valence-corrected chi connectivity index (χ3v) is 4.93. The van der Waals surface area contributed by atoms with E-state index < -0.39 is 5.97 Å². The molecule has 3 heterocycles. The highest BCUT2D eigenvalue weighted by Gasteiger charge is 2.28. The lowest BCUT2D eigenvalue weighted by atomic mass is 9.92. The van der Waals surface area contributed by atoms with E-state index in [0.29, 0.717) is 11.3 Å². The monoisotopic (exact) mass is 339 g/mol. The standard InChI is InChI=1S/C19H21N3O3/c1-21-12-16(19(23)24)17(20-21)14-6-3-8-22(10-14)11-15-5-2-4-13-7-9-25-18(13)15/h2,4-5,7,9,12,14H,3,6,8,10-11H2,1H3,(H,23,24). The third kappa shape index (κ3) is 3.05. The van der Waals surface area contributed by atoms with Gasteiger partial charge >= 0.3 is 5.97 Å². The molecule has 1 atom stereocenters. The molecule has 4 rings (SSSR count). The number of aryl methyl sites for hydroxylation is 1. The minimum atomic E-state index is -0.902. The van der Waals surface area contributed by atoms with Crippen molar-refractivity contribution in [1.82, 2.24) is 14.7 Å². The average Bonchev–Trinajstić information content (AvgIpc) is 3.22. The number of aromatic carboxylic acids is 1. The summed E-state index contributed by atoms with van der Waals surface area (Å²) in [5, 5.41) is 15.0. The molecule has 25 heavy (non-hydrogen) atoms. The fraction of sp³-hybridized carbons (Fsp3) is 0.368. The topological polar surface area (TPSA) is 71.5 Å². The van der Waals surface area contributed by atoms with Gasteiger partial charge < -0.3 is 9.52 Å². The van der Waals surface area contributed by atoms with Crippen LogP contribution in [0.25, 0.3) is 11.0 Å². The van der Waals surface area contributed by atoms with Gasteiger partial charge in [0, 0.05) is 43.2 Å². The third-order valence-electron chi connectivity index (χ3n) is 4.93. The van der Waals surface area contributed by atoms with Crippen molar-refractivity contribution in [3.05, 3.63) is 53.5 Å². The van der Waals surface area contributed by atoms with E-state index in [-0.39, 0.29) is 5.92 Å². The molecule has 0 bridgehead atoms. The number of likely N-dealkylation sites (tertiary alicyclic amines) is 1. The number of furan rings is 1. The van der Waals surface area contributed by atoms with Crippen LogP contribution < -0.4 is 0 Å². The van der Waals surface area contributed by atoms with Gasteiger partial charge in [0.2, 0.25) is 0 Å². The van der Waals surface area contributed by atoms with E-state index in [0.717, 1.165) is 43.4 Å². The molecule has 1 aromatic carbocycles. The molecular weight excluding hydrogens is 318 g/mol. The lowest BCUT2D eigenvalue weighted by Gasteiger charge is -2.32. The molecule has 0 radical (unpaired) electrons. The van der Waals surface area contributed by atoms with Crippen molar-refractivity contribution in [1.29, 1.82) is 0 Å². The zero-order valence-corrected chi connectivity index (χ0v) is 14.2. The lowest BCUT2D eigenvalue weighted by molar-refractivity contribution is 0.0694. The molecule has 130 valence electrons. The average molecular weight is 339 g/mol. The van der Waals surface area contributed by atoms with Gasteiger partial charge in [0.15, 0.2) is 0 Å². The second kappa shape index (κ2) is 6.37. The van der Waals surface area contributed by atoms with E-state index >= 15 is 0 Å². The van der Waals surface area contributed by atoms with Gasteiger partial charge in [0.1, 0.15) is 11.1 Å². The maximum absolute atomic E-state index is 11.5. The lowest BCUT2D eigenvalue weighted by Crippen LogP contribution is -2.34. The molecule has 2 aromatic heterocycles. The van der Waals surface area contributed by atoms with Crippen LogP contribution in [-0.4, -0.2) is 38.8 Å². The van der Waals surface area contributed by atoms with Gasteiger partial charge in [0.25, 0.3) is 0 Å². The van der Waals surface area contributed by atoms with Crippen LogP contribution in [0.1, 0.15) is 40.4 Å². The number of hydrogen-bond donors (Lipinski definition) is 1. The van der Waals surface area contributed by atoms with E-state index in [1.165, 1.54) is 5.56 Å². The molecule has 3 aromatic rings. The molecule has 1 aliphatic heterocycles. The number of fused-ring (bicyclic) bond motifs is 1. The van der Waals surface area contributed by atoms with E-state index in [1.54, 1.807) is 24.2 Å². The van der Waals surface area contributed by atoms with Gasteiger partial charge in [0.05, 0.1) is 12.0 Å². The van der Waals surface area contributed by atoms with Gasteiger partial charge in [-0.3, -0.25) is 9.58 Å². The Morgan fingerprint density at radius 2 is 2.28 bits per heavy atom. The molecule has 6 heteroatoms. The van der Waals surface area contributed by atoms with Crippen LogP contribution in [0, 0.1) is 0 Å². The van der Waals surface area contributed by atoms with E-state index in [4.69, 9.17) is 4.42 Å². The predicted octanol–water partition coefficient (Wildman–Crippen LogP) is 3.24. The van der Waals surface area contributed by atoms with Crippen molar-refractivity contribution in [2.24, 2.45) is 7.05 Å². The molecule has 0 aliphatic carbocycles. The molecule has 1 aliphatic rings. The number of carboxylic acids is 1. The molecule has 0 spiro atoms. The Bertz CT molecular complexity index is 912. The number of benzene rings is 1. The number of hydrogen-bond acceptors (Lipinski definition) is 4. The van der Waals surface area contributed by atoms with E-state index in [1.807, 2.05) is 12.1 Å². The first-order valence-electron chi connectivity index (χ1n) is 8.56. The molecule has 0 saturated carbocycles. The summed E-state index contributed by atoms with van der Waals surface area (Å²) in [4.78, 5) is 13.9. The molecular formula is C19H21N3O3. The summed E-state index contributed by atoms with van der Waals surface area (Å²) in [7, 11) is 1.77. The van der Waals surface area contributed by atoms with Gasteiger partial charge in [-0.2, -0.15) is 5.10 Å². The summed E-state index contributed by atoms with van der Waals surface area (Å²) in [6.07, 6.45) is 5.33. The fourth-order valence-electron chi connectivity index (χ4n) is 3.81. The SMILES string of the molecule is Cn1cc(C(=O)O)c(C2CCCN(Cc3cccc4ccoc34)C2)n1. The Hall–Kier alpha value is -2.60. The normalized spacial score (nSPS) is 18.7. The largest absolute Gasteiger partial charge is 0.478 e. The maximum Gasteiger partial charge on any atom is 0.339 e. The van der Waals surface area contributed by atoms with Crippen molar-refractivity contribution >= 4 is 16.9 Å². The van der Waals surface area contributed by atoms with Crippen LogP contribution in [-0.2, 0) is 13.6 Å². The van der Waals surface area contributed by atoms with E-state index in [9.17, 15) is 9.90 Å². The second-order valence-corrected chi connectivity index (χ2v) is 6.74. The number of aromatic nitrogens is 2. The number of para-hydroxylation sites is 1. The highest BCUT2D eigenvalue weighted by molar-refractivity contribution is 5.88. The summed E-state index contributed by atoms with van der Waals surface area (Å²) in [5.41, 5.74) is 3.13. The molecule has 1 fully saturated rings. The molecule has 1 saturated heterocycles. The van der Waals surface area contributed by atoms with Crippen LogP contribution in [0.4, 0.5) is 0 Å². The molecule has 0 amide bonds. The van der Waals surface area contributed by atoms with E-state index in [2.05, 4.69) is 22.1 Å². The quantitative estimate of drug-likeness (QED) is 0.790. The molecule has 1 N–H and O–H groups in total. The molecule has 1 unspecified atom stereocenters. The van der Waals surface area contributed by atoms with Crippen molar-refractivity contribution < 1.29 is 14.3 Å². The van der Waals surface area contributed by atoms with Crippen molar-refractivity contribution in [2.45, 2.75) is 25.3 Å². The minimum absolute atomic E-state index is 0.150. The Labute approximate surface area is 145 Å². The summed E-state index contributed by atoms with van der Waals surface area (Å²) in [6, 6.07) is 8.17. The van der Waals surface area contributed by atoms with Crippen molar-refractivity contribution in [3.63, 3.8) is 0 Å². The molecule has 6 nitrogen and oxygen atoms in total. The Balaban J connectivity index is 1.55. The first kappa shape index (κ1) is 15.9. The smallest absolute Gasteiger partial charge is 0.339 e. The zero-order chi connectivity index (χ0) is 17.4. The number of nitrogens with zero attached hydrogens (tertiary/aromatic N) is 3. The maximum atomic E-state index is 11.5. The first-order valence-corrected chi connectivity index (χ1v) is 8.56. The van der Waals surface area contributed by atoms with Gasteiger partial charge in [-0.25, -0.2) is 4.79 Å². The zero-order valence-electron chi connectivity index (χ0n) is 14.2. The number of rotatable bonds is 4. The van der Waals surface area contributed by atoms with Crippen LogP contribution in [0.3, 0.4) is 0 Å². The highest BCUT2D eigenvalue weighted by atomic mass is 16.4. The Morgan fingerprint density at radius 1 is 1.40 bits per heavy atom. The minimum Gasteiger partial charge on any atom is -0.478 e. The highest BCUT2D eigenvalue weighted by Crippen LogP contribution is 2.30. The number of carboxylic acid groups (broad SMARTS) is 1. The Kier molecular flexibility index (Phi) is 4.05. The van der Waals surface area contributed by atoms with Crippen molar-refractivity contribution in [2.75, 3.05) is 13.1 Å². The van der Waals surface area contributed by atoms with Gasteiger partial charge in [-0.05, 0) is 25.5 Å². The van der Waals surface area contributed by atoms with Crippen LogP contribution in [0.15, 0.2) is 41.1 Å². The number of carbonyl (C=O) groups is 1. The second-order valence-electron chi connectivity index (χ2n) is 6.74.